The lowest BCUT2D eigenvalue weighted by Gasteiger charge is -2.45. The Morgan fingerprint density at radius 1 is 0.333 bits per heavy atom. The average molecular weight is 1250 g/mol. The highest BCUT2D eigenvalue weighted by Crippen LogP contribution is 2.39. The van der Waals surface area contributed by atoms with Gasteiger partial charge in [-0.05, 0) is 242 Å². The normalized spacial score (nSPS) is 15.9. The van der Waals surface area contributed by atoms with Gasteiger partial charge in [-0.25, -0.2) is 0 Å². The molecule has 0 saturated heterocycles. The van der Waals surface area contributed by atoms with Crippen LogP contribution in [0, 0.1) is 10.8 Å². The number of hydrogen-bond donors (Lipinski definition) is 0. The van der Waals surface area contributed by atoms with Crippen molar-refractivity contribution in [3.63, 3.8) is 0 Å². The second-order valence-corrected chi connectivity index (χ2v) is 78.6. The summed E-state index contributed by atoms with van der Waals surface area (Å²) in [4.78, 5) is 26.9. The third kappa shape index (κ3) is 32.4. The van der Waals surface area contributed by atoms with Crippen LogP contribution in [0.3, 0.4) is 0 Å². The first-order valence-electron chi connectivity index (χ1n) is 26.4. The predicted octanol–water partition coefficient (Wildman–Crippen LogP) is 14.3. The summed E-state index contributed by atoms with van der Waals surface area (Å²) in [6.45, 7) is 67.4. The quantitative estimate of drug-likeness (QED) is 0.0336. The lowest BCUT2D eigenvalue weighted by atomic mass is 9.72. The molecule has 0 aromatic rings. The zero-order valence-electron chi connectivity index (χ0n) is 52.3. The van der Waals surface area contributed by atoms with Crippen LogP contribution >= 0.6 is 0 Å². The lowest BCUT2D eigenvalue weighted by molar-refractivity contribution is -0.163. The maximum absolute atomic E-state index is 13.5. The molecule has 0 N–H and O–H groups in total. The van der Waals surface area contributed by atoms with E-state index in [1.165, 1.54) is 0 Å². The van der Waals surface area contributed by atoms with Crippen molar-refractivity contribution < 1.29 is 64.3 Å². The zero-order valence-corrected chi connectivity index (χ0v) is 65.3. The fourth-order valence-electron chi connectivity index (χ4n) is 10.3. The van der Waals surface area contributed by atoms with Gasteiger partial charge in [0.1, 0.15) is 0 Å². The first kappa shape index (κ1) is 73.3. The van der Waals surface area contributed by atoms with E-state index in [2.05, 4.69) is 183 Å². The van der Waals surface area contributed by atoms with Gasteiger partial charge in [0.25, 0.3) is 0 Å². The van der Waals surface area contributed by atoms with Gasteiger partial charge < -0.3 is 54.7 Å². The van der Waals surface area contributed by atoms with Crippen molar-refractivity contribution in [3.8, 4) is 0 Å². The minimum absolute atomic E-state index is 0.265. The summed E-state index contributed by atoms with van der Waals surface area (Å²) in [5, 5.41) is 0. The summed E-state index contributed by atoms with van der Waals surface area (Å²) in [6.07, 6.45) is 2.32. The fourth-order valence-corrected chi connectivity index (χ4v) is 73.8. The Kier molecular flexibility index (Phi) is 26.8. The summed E-state index contributed by atoms with van der Waals surface area (Å²) < 4.78 is 86.0. The Morgan fingerprint density at radius 2 is 0.569 bits per heavy atom. The van der Waals surface area contributed by atoms with Crippen molar-refractivity contribution in [3.05, 3.63) is 0 Å². The maximum atomic E-state index is 13.5. The molecule has 0 aromatic carbocycles. The molecule has 0 fully saturated rings. The Labute approximate surface area is 456 Å². The molecule has 0 radical (unpaired) electrons. The molecule has 0 bridgehead atoms. The van der Waals surface area contributed by atoms with Crippen LogP contribution in [-0.2, 0) is 64.3 Å². The van der Waals surface area contributed by atoms with Gasteiger partial charge in [0.15, 0.2) is 33.3 Å². The van der Waals surface area contributed by atoms with Crippen molar-refractivity contribution in [2.24, 2.45) is 10.8 Å². The van der Waals surface area contributed by atoms with Gasteiger partial charge >= 0.3 is 89.0 Å². The van der Waals surface area contributed by atoms with Gasteiger partial charge in [-0.2, -0.15) is 0 Å². The van der Waals surface area contributed by atoms with Gasteiger partial charge in [-0.3, -0.25) is 9.59 Å². The van der Waals surface area contributed by atoms with E-state index in [4.69, 9.17) is 54.7 Å². The second-order valence-electron chi connectivity index (χ2n) is 27.9. The predicted molar refractivity (Wildman–Crippen MR) is 328 cm³/mol. The molecule has 72 heavy (non-hydrogen) atoms. The third-order valence-corrected chi connectivity index (χ3v) is 58.4. The van der Waals surface area contributed by atoms with Gasteiger partial charge in [0, 0.05) is 0 Å². The average Bonchev–Trinajstić information content (AvgIpc) is 3.00. The van der Waals surface area contributed by atoms with E-state index in [9.17, 15) is 9.59 Å². The molecule has 0 aliphatic heterocycles. The summed E-state index contributed by atoms with van der Waals surface area (Å²) in [5.74, 6) is -0.578. The Hall–Kier alpha value is 1.32. The van der Waals surface area contributed by atoms with Crippen molar-refractivity contribution in [1.82, 2.24) is 0 Å². The molecule has 28 heteroatoms. The van der Waals surface area contributed by atoms with Crippen LogP contribution < -0.4 is 0 Å². The molecule has 0 amide bonds. The highest BCUT2D eigenvalue weighted by atomic mass is 28.5. The first-order valence-corrected chi connectivity index (χ1v) is 64.8. The van der Waals surface area contributed by atoms with Crippen LogP contribution in [0.1, 0.15) is 53.4 Å². The molecule has 15 nitrogen and oxygen atoms in total. The Morgan fingerprint density at radius 3 is 0.833 bits per heavy atom. The first-order chi connectivity index (χ1) is 31.3. The topological polar surface area (TPSA) is 154 Å². The number of carbonyl (C=O) groups excluding carboxylic acids is 2. The molecule has 0 aromatic heterocycles. The van der Waals surface area contributed by atoms with Crippen LogP contribution in [0.15, 0.2) is 0 Å². The van der Waals surface area contributed by atoms with Crippen LogP contribution in [0.2, 0.25) is 195 Å². The standard InChI is InChI=1S/C44H112O15Si13/c1-33-44(4,42(46)48-37-35-38-62(11,12)49-60(5,6)7)40-43(2,3)41(45)47-36-34-39-63(13,14)51-65(17,18)53-67(21,22)55-69(25,26)57-71(29,30)59-72(31,32)58-70(27,28)56-68(23,24)54-66(19,20)52-64(15,16)50-61(8,9)10/h33-40H2,1-32H3. The van der Waals surface area contributed by atoms with Crippen molar-refractivity contribution in [2.75, 3.05) is 13.2 Å². The SMILES string of the molecule is CCC(C)(CC(C)(C)C(=O)OCCC[Si](C)(C)O[Si](C)(C)O[Si](C)(C)O[Si](C)(C)O[Si](C)(C)O[Si](C)(C)O[Si](C)(C)O[Si](C)(C)O[Si](C)(C)O[Si](C)(C)O[Si](C)(C)C)C(=O)OCCC[Si](C)(C)O[Si](C)(C)C. The van der Waals surface area contributed by atoms with Gasteiger partial charge in [-0.15, -0.1) is 0 Å². The minimum Gasteiger partial charge on any atom is -0.465 e. The number of hydrogen-bond acceptors (Lipinski definition) is 15. The molecular weight excluding hydrogens is 1130 g/mol. The minimum atomic E-state index is -2.79. The molecule has 0 spiro atoms. The van der Waals surface area contributed by atoms with E-state index >= 15 is 0 Å². The van der Waals surface area contributed by atoms with Crippen molar-refractivity contribution in [2.45, 2.75) is 249 Å². The number of esters is 2. The molecule has 430 valence electrons. The Bertz CT molecular complexity index is 1730. The highest BCUT2D eigenvalue weighted by molar-refractivity contribution is 6.93. The van der Waals surface area contributed by atoms with E-state index in [0.29, 0.717) is 25.9 Å². The smallest absolute Gasteiger partial charge is 0.314 e. The molecular formula is C44H112O15Si13. The van der Waals surface area contributed by atoms with E-state index in [1.54, 1.807) is 0 Å². The molecule has 1 atom stereocenters. The molecule has 0 aliphatic carbocycles. The van der Waals surface area contributed by atoms with Gasteiger partial charge in [0.05, 0.1) is 24.0 Å². The number of ether oxygens (including phenoxy) is 2. The molecule has 1 unspecified atom stereocenters. The molecule has 0 aliphatic rings. The molecule has 0 heterocycles. The summed E-state index contributed by atoms with van der Waals surface area (Å²) >= 11 is 0. The van der Waals surface area contributed by atoms with Gasteiger partial charge in [0.2, 0.25) is 0 Å². The zero-order chi connectivity index (χ0) is 57.5. The second kappa shape index (κ2) is 26.3. The van der Waals surface area contributed by atoms with E-state index in [-0.39, 0.29) is 18.5 Å². The van der Waals surface area contributed by atoms with E-state index < -0.39 is 121 Å². The third-order valence-electron chi connectivity index (χ3n) is 10.6. The monoisotopic (exact) mass is 1240 g/mol. The van der Waals surface area contributed by atoms with Crippen molar-refractivity contribution in [1.29, 1.82) is 0 Å². The van der Waals surface area contributed by atoms with E-state index in [0.717, 1.165) is 18.5 Å². The van der Waals surface area contributed by atoms with Crippen molar-refractivity contribution >= 4 is 122 Å². The van der Waals surface area contributed by atoms with E-state index in [1.807, 2.05) is 27.7 Å². The molecule has 0 saturated carbocycles. The highest BCUT2D eigenvalue weighted by Gasteiger charge is 2.51. The number of carbonyl (C=O) groups is 2. The molecule has 0 rings (SSSR count). The van der Waals surface area contributed by atoms with Gasteiger partial charge in [-0.1, -0.05) is 6.92 Å². The fraction of sp³-hybridized carbons (Fsp3) is 0.955. The summed E-state index contributed by atoms with van der Waals surface area (Å²) in [7, 11) is -31.8. The van der Waals surface area contributed by atoms with Crippen LogP contribution in [0.25, 0.3) is 0 Å². The van der Waals surface area contributed by atoms with Crippen LogP contribution in [0.4, 0.5) is 0 Å². The lowest BCUT2D eigenvalue weighted by Crippen LogP contribution is -2.62. The maximum Gasteiger partial charge on any atom is 0.314 e. The largest absolute Gasteiger partial charge is 0.465 e. The summed E-state index contributed by atoms with van der Waals surface area (Å²) in [6, 6.07) is 1.72. The summed E-state index contributed by atoms with van der Waals surface area (Å²) in [5.41, 5.74) is -1.68. The number of rotatable bonds is 35. The van der Waals surface area contributed by atoms with Crippen LogP contribution in [-0.4, -0.2) is 135 Å². The Balaban J connectivity index is 5.42. The van der Waals surface area contributed by atoms with Crippen LogP contribution in [0.5, 0.6) is 0 Å².